The van der Waals surface area contributed by atoms with E-state index in [1.807, 2.05) is 13.0 Å². The number of nitrogens with zero attached hydrogens (tertiary/aromatic N) is 1. The molecule has 0 radical (unpaired) electrons. The van der Waals surface area contributed by atoms with Crippen molar-refractivity contribution in [2.75, 3.05) is 27.4 Å². The maximum absolute atomic E-state index is 12.4. The summed E-state index contributed by atoms with van der Waals surface area (Å²) in [5, 5.41) is 6.75. The molecule has 0 bridgehead atoms. The molecular weight excluding hydrogens is 502 g/mol. The Kier molecular flexibility index (Phi) is 10.9. The van der Waals surface area contributed by atoms with Gasteiger partial charge in [0.05, 0.1) is 32.6 Å². The Morgan fingerprint density at radius 3 is 2.31 bits per heavy atom. The van der Waals surface area contributed by atoms with Crippen LogP contribution in [0.4, 0.5) is 0 Å². The van der Waals surface area contributed by atoms with Crippen molar-refractivity contribution in [3.8, 4) is 23.0 Å². The van der Waals surface area contributed by atoms with Crippen LogP contribution in [-0.2, 0) is 4.79 Å². The van der Waals surface area contributed by atoms with Gasteiger partial charge < -0.3 is 24.3 Å². The minimum Gasteiger partial charge on any atom is -0.493 e. The van der Waals surface area contributed by atoms with E-state index in [1.54, 1.807) is 60.7 Å². The summed E-state index contributed by atoms with van der Waals surface area (Å²) in [6.07, 6.45) is 2.06. The average molecular weight is 534 g/mol. The van der Waals surface area contributed by atoms with E-state index in [2.05, 4.69) is 15.8 Å². The van der Waals surface area contributed by atoms with Crippen molar-refractivity contribution in [3.05, 3.63) is 83.4 Å². The van der Waals surface area contributed by atoms with E-state index in [0.29, 0.717) is 53.5 Å². The second kappa shape index (κ2) is 14.8. The number of ether oxygens (including phenoxy) is 4. The van der Waals surface area contributed by atoms with E-state index in [0.717, 1.165) is 0 Å². The SMILES string of the molecule is CCOc1cc(/C=N/NC(=O)CCCNC(=O)c2ccc(OC)c(OC)c2)ccc1OC(=O)c1ccccc1. The molecule has 0 saturated heterocycles. The van der Waals surface area contributed by atoms with Crippen LogP contribution in [0.1, 0.15) is 46.0 Å². The van der Waals surface area contributed by atoms with Crippen LogP contribution in [0.3, 0.4) is 0 Å². The molecule has 0 unspecified atom stereocenters. The lowest BCUT2D eigenvalue weighted by Crippen LogP contribution is -2.26. The molecule has 204 valence electrons. The zero-order valence-electron chi connectivity index (χ0n) is 22.1. The van der Waals surface area contributed by atoms with E-state index in [1.165, 1.54) is 20.4 Å². The number of hydrazone groups is 1. The van der Waals surface area contributed by atoms with Gasteiger partial charge in [-0.3, -0.25) is 9.59 Å². The molecule has 3 rings (SSSR count). The molecule has 0 aliphatic heterocycles. The maximum atomic E-state index is 12.4. The Morgan fingerprint density at radius 1 is 0.846 bits per heavy atom. The third kappa shape index (κ3) is 8.60. The minimum absolute atomic E-state index is 0.169. The molecule has 0 heterocycles. The topological polar surface area (TPSA) is 125 Å². The highest BCUT2D eigenvalue weighted by Crippen LogP contribution is 2.29. The number of amides is 2. The second-order valence-corrected chi connectivity index (χ2v) is 8.12. The van der Waals surface area contributed by atoms with Gasteiger partial charge in [-0.1, -0.05) is 18.2 Å². The molecule has 3 aromatic rings. The van der Waals surface area contributed by atoms with Crippen molar-refractivity contribution in [1.29, 1.82) is 0 Å². The van der Waals surface area contributed by atoms with Crippen molar-refractivity contribution >= 4 is 24.0 Å². The van der Waals surface area contributed by atoms with Crippen LogP contribution in [0.2, 0.25) is 0 Å². The lowest BCUT2D eigenvalue weighted by Gasteiger charge is -2.11. The van der Waals surface area contributed by atoms with E-state index in [9.17, 15) is 14.4 Å². The first-order valence-electron chi connectivity index (χ1n) is 12.3. The molecule has 10 nitrogen and oxygen atoms in total. The highest BCUT2D eigenvalue weighted by atomic mass is 16.6. The van der Waals surface area contributed by atoms with Crippen LogP contribution < -0.4 is 29.7 Å². The summed E-state index contributed by atoms with van der Waals surface area (Å²) in [6, 6.07) is 18.5. The molecule has 3 aromatic carbocycles. The number of hydrogen-bond donors (Lipinski definition) is 2. The van der Waals surface area contributed by atoms with E-state index in [-0.39, 0.29) is 24.0 Å². The molecule has 0 fully saturated rings. The van der Waals surface area contributed by atoms with Crippen LogP contribution in [0.15, 0.2) is 71.8 Å². The molecule has 0 spiro atoms. The van der Waals surface area contributed by atoms with Gasteiger partial charge in [-0.25, -0.2) is 10.2 Å². The van der Waals surface area contributed by atoms with Gasteiger partial charge in [0.25, 0.3) is 5.91 Å². The van der Waals surface area contributed by atoms with E-state index in [4.69, 9.17) is 18.9 Å². The number of rotatable bonds is 13. The van der Waals surface area contributed by atoms with E-state index < -0.39 is 5.97 Å². The first kappa shape index (κ1) is 28.7. The smallest absolute Gasteiger partial charge is 0.343 e. The van der Waals surface area contributed by atoms with E-state index >= 15 is 0 Å². The Morgan fingerprint density at radius 2 is 1.59 bits per heavy atom. The third-order valence-electron chi connectivity index (χ3n) is 5.39. The van der Waals surface area contributed by atoms with Gasteiger partial charge in [-0.05, 0) is 67.4 Å². The fourth-order valence-corrected chi connectivity index (χ4v) is 3.46. The van der Waals surface area contributed by atoms with Crippen molar-refractivity contribution in [2.24, 2.45) is 5.10 Å². The maximum Gasteiger partial charge on any atom is 0.343 e. The summed E-state index contributed by atoms with van der Waals surface area (Å²) in [5.74, 6) is 0.568. The molecule has 2 amide bonds. The zero-order valence-corrected chi connectivity index (χ0v) is 22.1. The molecule has 0 aromatic heterocycles. The summed E-state index contributed by atoms with van der Waals surface area (Å²) in [6.45, 7) is 2.50. The molecule has 0 saturated carbocycles. The van der Waals surface area contributed by atoms with Gasteiger partial charge in [-0.2, -0.15) is 5.10 Å². The fraction of sp³-hybridized carbons (Fsp3) is 0.241. The predicted octanol–water partition coefficient (Wildman–Crippen LogP) is 3.98. The highest BCUT2D eigenvalue weighted by Gasteiger charge is 2.13. The van der Waals surface area contributed by atoms with Gasteiger partial charge >= 0.3 is 5.97 Å². The molecule has 0 aliphatic carbocycles. The number of nitrogens with one attached hydrogen (secondary N) is 2. The molecule has 10 heteroatoms. The van der Waals surface area contributed by atoms with Gasteiger partial charge in [0, 0.05) is 18.5 Å². The van der Waals surface area contributed by atoms with Gasteiger partial charge in [0.15, 0.2) is 23.0 Å². The number of carbonyl (C=O) groups is 3. The number of carbonyl (C=O) groups excluding carboxylic acids is 3. The molecule has 2 N–H and O–H groups in total. The lowest BCUT2D eigenvalue weighted by atomic mass is 10.2. The molecule has 39 heavy (non-hydrogen) atoms. The van der Waals surface area contributed by atoms with Gasteiger partial charge in [-0.15, -0.1) is 0 Å². The largest absolute Gasteiger partial charge is 0.493 e. The number of esters is 1. The van der Waals surface area contributed by atoms with Crippen LogP contribution in [0.25, 0.3) is 0 Å². The minimum atomic E-state index is -0.495. The van der Waals surface area contributed by atoms with Crippen LogP contribution >= 0.6 is 0 Å². The Balaban J connectivity index is 1.46. The summed E-state index contributed by atoms with van der Waals surface area (Å²) in [5.41, 5.74) is 3.95. The lowest BCUT2D eigenvalue weighted by molar-refractivity contribution is -0.121. The number of benzene rings is 3. The summed E-state index contributed by atoms with van der Waals surface area (Å²) < 4.78 is 21.5. The predicted molar refractivity (Wildman–Crippen MR) is 146 cm³/mol. The third-order valence-corrected chi connectivity index (χ3v) is 5.39. The van der Waals surface area contributed by atoms with Crippen molar-refractivity contribution < 1.29 is 33.3 Å². The zero-order chi connectivity index (χ0) is 28.0. The van der Waals surface area contributed by atoms with Crippen LogP contribution in [-0.4, -0.2) is 51.4 Å². The Bertz CT molecular complexity index is 1310. The Labute approximate surface area is 226 Å². The fourth-order valence-electron chi connectivity index (χ4n) is 3.46. The quantitative estimate of drug-likeness (QED) is 0.112. The van der Waals surface area contributed by atoms with Crippen molar-refractivity contribution in [3.63, 3.8) is 0 Å². The molecule has 0 atom stereocenters. The van der Waals surface area contributed by atoms with Crippen LogP contribution in [0, 0.1) is 0 Å². The molecular formula is C29H31N3O7. The summed E-state index contributed by atoms with van der Waals surface area (Å²) in [7, 11) is 3.02. The highest BCUT2D eigenvalue weighted by molar-refractivity contribution is 5.95. The second-order valence-electron chi connectivity index (χ2n) is 8.12. The number of hydrogen-bond acceptors (Lipinski definition) is 8. The first-order chi connectivity index (χ1) is 18.9. The standard InChI is InChI=1S/C29H31N3O7/c1-4-38-26-17-20(12-14-24(26)39-29(35)21-9-6-5-7-10-21)19-31-32-27(33)11-8-16-30-28(34)22-13-15-23(36-2)25(18-22)37-3/h5-7,9-10,12-15,17-19H,4,8,11,16H2,1-3H3,(H,30,34)(H,32,33)/b31-19+. The summed E-state index contributed by atoms with van der Waals surface area (Å²) in [4.78, 5) is 36.9. The normalized spacial score (nSPS) is 10.5. The first-order valence-corrected chi connectivity index (χ1v) is 12.3. The van der Waals surface area contributed by atoms with Gasteiger partial charge in [0.1, 0.15) is 0 Å². The van der Waals surface area contributed by atoms with Crippen LogP contribution in [0.5, 0.6) is 23.0 Å². The number of methoxy groups -OCH3 is 2. The molecule has 0 aliphatic rings. The van der Waals surface area contributed by atoms with Gasteiger partial charge in [0.2, 0.25) is 5.91 Å². The monoisotopic (exact) mass is 533 g/mol. The summed E-state index contributed by atoms with van der Waals surface area (Å²) >= 11 is 0. The van der Waals surface area contributed by atoms with Crippen molar-refractivity contribution in [1.82, 2.24) is 10.7 Å². The average Bonchev–Trinajstić information content (AvgIpc) is 2.96. The Hall–Kier alpha value is -4.86. The van der Waals surface area contributed by atoms with Crippen molar-refractivity contribution in [2.45, 2.75) is 19.8 Å².